The van der Waals surface area contributed by atoms with E-state index in [4.69, 9.17) is 19.9 Å². The van der Waals surface area contributed by atoms with Crippen LogP contribution in [0.3, 0.4) is 0 Å². The zero-order valence-corrected chi connectivity index (χ0v) is 13.4. The van der Waals surface area contributed by atoms with Crippen LogP contribution in [0.4, 0.5) is 5.69 Å². The predicted octanol–water partition coefficient (Wildman–Crippen LogP) is 3.89. The molecule has 0 fully saturated rings. The third-order valence-electron chi connectivity index (χ3n) is 2.86. The van der Waals surface area contributed by atoms with Crippen molar-refractivity contribution in [1.82, 2.24) is 0 Å². The van der Waals surface area contributed by atoms with Crippen molar-refractivity contribution in [2.75, 3.05) is 26.1 Å². The molecular weight excluding hydrogens is 334 g/mol. The number of nitrogen functional groups attached to an aromatic ring is 1. The number of nitrogens with two attached hydrogens (primary N) is 1. The first-order valence-corrected chi connectivity index (χ1v) is 7.43. The molecule has 112 valence electrons. The third-order valence-corrected chi connectivity index (χ3v) is 3.48. The molecule has 2 rings (SSSR count). The third kappa shape index (κ3) is 4.56. The van der Waals surface area contributed by atoms with Crippen molar-refractivity contribution in [3.63, 3.8) is 0 Å². The summed E-state index contributed by atoms with van der Waals surface area (Å²) in [7, 11) is 1.63. The number of ether oxygens (including phenoxy) is 3. The van der Waals surface area contributed by atoms with Crippen LogP contribution in [0.1, 0.15) is 6.42 Å². The molecular formula is C16H18BrNO3. The zero-order valence-electron chi connectivity index (χ0n) is 11.8. The number of halogens is 1. The molecule has 0 aliphatic heterocycles. The van der Waals surface area contributed by atoms with E-state index >= 15 is 0 Å². The Bertz CT molecular complexity index is 589. The average molecular weight is 352 g/mol. The summed E-state index contributed by atoms with van der Waals surface area (Å²) in [5.74, 6) is 2.29. The Balaban J connectivity index is 1.74. The Kier molecular flexibility index (Phi) is 5.75. The maximum atomic E-state index is 5.80. The van der Waals surface area contributed by atoms with Crippen molar-refractivity contribution in [3.05, 3.63) is 46.9 Å². The first-order chi connectivity index (χ1) is 10.2. The molecule has 2 aromatic carbocycles. The molecule has 0 saturated heterocycles. The Morgan fingerprint density at radius 2 is 1.71 bits per heavy atom. The number of anilines is 1. The maximum Gasteiger partial charge on any atom is 0.142 e. The summed E-state index contributed by atoms with van der Waals surface area (Å²) >= 11 is 3.45. The highest BCUT2D eigenvalue weighted by molar-refractivity contribution is 9.10. The van der Waals surface area contributed by atoms with Gasteiger partial charge in [0.05, 0.1) is 30.5 Å². The van der Waals surface area contributed by atoms with E-state index in [0.29, 0.717) is 24.7 Å². The fourth-order valence-corrected chi connectivity index (χ4v) is 2.23. The highest BCUT2D eigenvalue weighted by Gasteiger charge is 2.03. The molecule has 0 saturated carbocycles. The second-order valence-electron chi connectivity index (χ2n) is 4.38. The molecule has 0 amide bonds. The van der Waals surface area contributed by atoms with Gasteiger partial charge in [-0.15, -0.1) is 0 Å². The van der Waals surface area contributed by atoms with Gasteiger partial charge in [-0.2, -0.15) is 0 Å². The van der Waals surface area contributed by atoms with Crippen LogP contribution < -0.4 is 19.9 Å². The normalized spacial score (nSPS) is 10.2. The monoisotopic (exact) mass is 351 g/mol. The lowest BCUT2D eigenvalue weighted by atomic mass is 10.3. The molecule has 0 spiro atoms. The smallest absolute Gasteiger partial charge is 0.142 e. The minimum atomic E-state index is 0.558. The topological polar surface area (TPSA) is 53.7 Å². The first-order valence-electron chi connectivity index (χ1n) is 6.64. The molecule has 0 aliphatic carbocycles. The van der Waals surface area contributed by atoms with Crippen LogP contribution in [0, 0.1) is 0 Å². The van der Waals surface area contributed by atoms with Crippen LogP contribution in [-0.4, -0.2) is 20.3 Å². The lowest BCUT2D eigenvalue weighted by molar-refractivity contribution is 0.247. The van der Waals surface area contributed by atoms with Crippen molar-refractivity contribution in [2.24, 2.45) is 0 Å². The van der Waals surface area contributed by atoms with Gasteiger partial charge in [0.15, 0.2) is 0 Å². The summed E-state index contributed by atoms with van der Waals surface area (Å²) < 4.78 is 17.3. The van der Waals surface area contributed by atoms with Gasteiger partial charge in [-0.3, -0.25) is 0 Å². The van der Waals surface area contributed by atoms with E-state index in [0.717, 1.165) is 22.4 Å². The van der Waals surface area contributed by atoms with Gasteiger partial charge in [-0.1, -0.05) is 12.1 Å². The summed E-state index contributed by atoms with van der Waals surface area (Å²) in [5, 5.41) is 0. The van der Waals surface area contributed by atoms with E-state index in [2.05, 4.69) is 15.9 Å². The van der Waals surface area contributed by atoms with E-state index in [9.17, 15) is 0 Å². The molecule has 21 heavy (non-hydrogen) atoms. The second kappa shape index (κ2) is 7.78. The zero-order chi connectivity index (χ0) is 15.1. The fraction of sp³-hybridized carbons (Fsp3) is 0.250. The van der Waals surface area contributed by atoms with Gasteiger partial charge in [0.25, 0.3) is 0 Å². The van der Waals surface area contributed by atoms with Crippen molar-refractivity contribution in [2.45, 2.75) is 6.42 Å². The number of para-hydroxylation sites is 2. The van der Waals surface area contributed by atoms with E-state index in [-0.39, 0.29) is 0 Å². The summed E-state index contributed by atoms with van der Waals surface area (Å²) in [4.78, 5) is 0. The van der Waals surface area contributed by atoms with Gasteiger partial charge in [0.2, 0.25) is 0 Å². The van der Waals surface area contributed by atoms with Crippen molar-refractivity contribution >= 4 is 21.6 Å². The van der Waals surface area contributed by atoms with Gasteiger partial charge >= 0.3 is 0 Å². The van der Waals surface area contributed by atoms with Crippen LogP contribution in [0.25, 0.3) is 0 Å². The van der Waals surface area contributed by atoms with E-state index in [1.807, 2.05) is 42.5 Å². The average Bonchev–Trinajstić information content (AvgIpc) is 2.50. The standard InChI is InChI=1S/C16H18BrNO3/c1-19-12-7-8-15(13(17)11-12)20-9-4-10-21-16-6-3-2-5-14(16)18/h2-3,5-8,11H,4,9-10,18H2,1H3. The summed E-state index contributed by atoms with van der Waals surface area (Å²) in [6, 6.07) is 13.1. The molecule has 2 aromatic rings. The SMILES string of the molecule is COc1ccc(OCCCOc2ccccc2N)c(Br)c1. The number of hydrogen-bond donors (Lipinski definition) is 1. The van der Waals surface area contributed by atoms with Crippen LogP contribution in [0.2, 0.25) is 0 Å². The minimum Gasteiger partial charge on any atom is -0.497 e. The minimum absolute atomic E-state index is 0.558. The summed E-state index contributed by atoms with van der Waals surface area (Å²) in [6.07, 6.45) is 0.771. The van der Waals surface area contributed by atoms with Gasteiger partial charge in [0.1, 0.15) is 17.2 Å². The van der Waals surface area contributed by atoms with Gasteiger partial charge < -0.3 is 19.9 Å². The van der Waals surface area contributed by atoms with Crippen LogP contribution in [0.15, 0.2) is 46.9 Å². The molecule has 4 nitrogen and oxygen atoms in total. The maximum absolute atomic E-state index is 5.80. The van der Waals surface area contributed by atoms with E-state index < -0.39 is 0 Å². The molecule has 2 N–H and O–H groups in total. The van der Waals surface area contributed by atoms with Gasteiger partial charge in [0, 0.05) is 6.42 Å². The fourth-order valence-electron chi connectivity index (χ4n) is 1.76. The number of hydrogen-bond acceptors (Lipinski definition) is 4. The van der Waals surface area contributed by atoms with Crippen LogP contribution in [0.5, 0.6) is 17.2 Å². The molecule has 0 heterocycles. The van der Waals surface area contributed by atoms with E-state index in [1.165, 1.54) is 0 Å². The predicted molar refractivity (Wildman–Crippen MR) is 87.2 cm³/mol. The first kappa shape index (κ1) is 15.5. The van der Waals surface area contributed by atoms with E-state index in [1.54, 1.807) is 7.11 Å². The molecule has 0 bridgehead atoms. The summed E-state index contributed by atoms with van der Waals surface area (Å²) in [6.45, 7) is 1.12. The second-order valence-corrected chi connectivity index (χ2v) is 5.24. The van der Waals surface area contributed by atoms with Crippen molar-refractivity contribution in [3.8, 4) is 17.2 Å². The molecule has 0 aliphatic rings. The largest absolute Gasteiger partial charge is 0.497 e. The van der Waals surface area contributed by atoms with Gasteiger partial charge in [-0.05, 0) is 46.3 Å². The Morgan fingerprint density at radius 1 is 1.00 bits per heavy atom. The highest BCUT2D eigenvalue weighted by atomic mass is 79.9. The Morgan fingerprint density at radius 3 is 2.38 bits per heavy atom. The quantitative estimate of drug-likeness (QED) is 0.607. The lowest BCUT2D eigenvalue weighted by Crippen LogP contribution is -2.06. The molecule has 0 aromatic heterocycles. The molecule has 0 atom stereocenters. The Hall–Kier alpha value is -1.88. The van der Waals surface area contributed by atoms with Crippen molar-refractivity contribution in [1.29, 1.82) is 0 Å². The lowest BCUT2D eigenvalue weighted by Gasteiger charge is -2.11. The van der Waals surface area contributed by atoms with Gasteiger partial charge in [-0.25, -0.2) is 0 Å². The highest BCUT2D eigenvalue weighted by Crippen LogP contribution is 2.29. The molecule has 0 radical (unpaired) electrons. The molecule has 0 unspecified atom stereocenters. The van der Waals surface area contributed by atoms with Crippen LogP contribution >= 0.6 is 15.9 Å². The van der Waals surface area contributed by atoms with Crippen LogP contribution in [-0.2, 0) is 0 Å². The summed E-state index contributed by atoms with van der Waals surface area (Å²) in [5.41, 5.74) is 6.45. The number of methoxy groups -OCH3 is 1. The number of benzene rings is 2. The number of rotatable bonds is 7. The Labute approximate surface area is 132 Å². The van der Waals surface area contributed by atoms with Crippen molar-refractivity contribution < 1.29 is 14.2 Å². The molecule has 5 heteroatoms.